The highest BCUT2D eigenvalue weighted by atomic mass is 15.1. The Morgan fingerprint density at radius 1 is 0.324 bits per heavy atom. The van der Waals surface area contributed by atoms with Crippen molar-refractivity contribution in [2.75, 3.05) is 9.80 Å². The summed E-state index contributed by atoms with van der Waals surface area (Å²) in [6.07, 6.45) is 32.3. The van der Waals surface area contributed by atoms with Gasteiger partial charge >= 0.3 is 0 Å². The zero-order valence-corrected chi connectivity index (χ0v) is 45.4. The fraction of sp³-hybridized carbons (Fsp3) is 0.417. The molecule has 0 N–H and O–H groups in total. The standard InChI is InChI=1S/C72H86N2/c1-3-5-7-12-20-56-26-30-60(31-27-56)63-36-48-69(49-37-63)74(68-46-34-62(35-47-68)59-24-16-10-17-25-59)71-52-40-65(41-53-71)72(54-18-11-19-55-72)64-38-50-70(51-39-64)73(66-42-28-57(29-43-66)21-13-8-6-4-2)67-44-32-61(33-45-67)58-22-14-9-15-23-58/h26-53,58-59H,3-25,54-55H2,1-2H3. The van der Waals surface area contributed by atoms with Gasteiger partial charge in [0.15, 0.2) is 0 Å². The maximum Gasteiger partial charge on any atom is 0.0462 e. The van der Waals surface area contributed by atoms with Crippen LogP contribution >= 0.6 is 0 Å². The van der Waals surface area contributed by atoms with Crippen molar-refractivity contribution in [2.24, 2.45) is 0 Å². The molecule has 0 atom stereocenters. The van der Waals surface area contributed by atoms with E-state index in [4.69, 9.17) is 0 Å². The molecule has 10 rings (SSSR count). The number of benzene rings is 7. The number of unbranched alkanes of at least 4 members (excludes halogenated alkanes) is 6. The van der Waals surface area contributed by atoms with Crippen LogP contribution in [0.3, 0.4) is 0 Å². The lowest BCUT2D eigenvalue weighted by Gasteiger charge is -2.39. The number of nitrogens with zero attached hydrogens (tertiary/aromatic N) is 2. The minimum atomic E-state index is -0.0274. The quantitative estimate of drug-likeness (QED) is 0.0662. The summed E-state index contributed by atoms with van der Waals surface area (Å²) in [6, 6.07) is 66.9. The number of hydrogen-bond donors (Lipinski definition) is 0. The van der Waals surface area contributed by atoms with E-state index in [1.165, 1.54) is 233 Å². The van der Waals surface area contributed by atoms with Gasteiger partial charge in [-0.15, -0.1) is 0 Å². The Morgan fingerprint density at radius 2 is 0.635 bits per heavy atom. The summed E-state index contributed by atoms with van der Waals surface area (Å²) in [5.74, 6) is 1.38. The maximum absolute atomic E-state index is 2.49. The molecule has 0 spiro atoms. The van der Waals surface area contributed by atoms with Gasteiger partial charge in [0.25, 0.3) is 0 Å². The molecule has 3 aliphatic carbocycles. The SMILES string of the molecule is CCCCCCc1ccc(-c2ccc(N(c3ccc(C4CCCCC4)cc3)c3ccc(C4(c5ccc(N(c6ccc(CCCCCC)cc6)c6ccc(C7CCCCC7)cc6)cc5)CCCCC4)cc3)cc2)cc1. The molecule has 0 aliphatic heterocycles. The molecule has 0 bridgehead atoms. The summed E-state index contributed by atoms with van der Waals surface area (Å²) in [7, 11) is 0. The minimum absolute atomic E-state index is 0.0274. The van der Waals surface area contributed by atoms with Crippen molar-refractivity contribution >= 4 is 34.1 Å². The van der Waals surface area contributed by atoms with E-state index in [-0.39, 0.29) is 5.41 Å². The van der Waals surface area contributed by atoms with Crippen molar-refractivity contribution in [2.45, 2.75) is 192 Å². The lowest BCUT2D eigenvalue weighted by molar-refractivity contribution is 0.346. The van der Waals surface area contributed by atoms with Gasteiger partial charge < -0.3 is 9.80 Å². The molecule has 0 amide bonds. The number of aryl methyl sites for hydroxylation is 2. The third-order valence-corrected chi connectivity index (χ3v) is 17.8. The van der Waals surface area contributed by atoms with Gasteiger partial charge in [-0.1, -0.05) is 207 Å². The molecule has 384 valence electrons. The van der Waals surface area contributed by atoms with E-state index in [9.17, 15) is 0 Å². The third kappa shape index (κ3) is 12.4. The Bertz CT molecular complexity index is 2730. The van der Waals surface area contributed by atoms with Gasteiger partial charge in [0.2, 0.25) is 0 Å². The largest absolute Gasteiger partial charge is 0.311 e. The zero-order chi connectivity index (χ0) is 50.4. The monoisotopic (exact) mass is 979 g/mol. The van der Waals surface area contributed by atoms with Crippen LogP contribution in [0.15, 0.2) is 170 Å². The van der Waals surface area contributed by atoms with Crippen LogP contribution in [0.25, 0.3) is 11.1 Å². The summed E-state index contributed by atoms with van der Waals surface area (Å²) in [5, 5.41) is 0. The predicted molar refractivity (Wildman–Crippen MR) is 319 cm³/mol. The highest BCUT2D eigenvalue weighted by Crippen LogP contribution is 2.48. The molecular weight excluding hydrogens is 893 g/mol. The average molecular weight is 979 g/mol. The second-order valence-corrected chi connectivity index (χ2v) is 22.8. The molecular formula is C72H86N2. The second-order valence-electron chi connectivity index (χ2n) is 22.8. The van der Waals surface area contributed by atoms with E-state index >= 15 is 0 Å². The molecule has 0 saturated heterocycles. The Morgan fingerprint density at radius 3 is 1.01 bits per heavy atom. The Hall–Kier alpha value is -5.86. The van der Waals surface area contributed by atoms with E-state index < -0.39 is 0 Å². The first-order valence-corrected chi connectivity index (χ1v) is 29.9. The molecule has 0 heterocycles. The van der Waals surface area contributed by atoms with Crippen LogP contribution in [0.1, 0.15) is 207 Å². The second kappa shape index (κ2) is 25.6. The van der Waals surface area contributed by atoms with E-state index in [1.807, 2.05) is 0 Å². The molecule has 2 nitrogen and oxygen atoms in total. The maximum atomic E-state index is 2.49. The summed E-state index contributed by atoms with van der Waals surface area (Å²) in [6.45, 7) is 4.58. The van der Waals surface area contributed by atoms with Gasteiger partial charge in [-0.05, 0) is 193 Å². The van der Waals surface area contributed by atoms with Crippen LogP contribution in [-0.4, -0.2) is 0 Å². The molecule has 0 radical (unpaired) electrons. The molecule has 0 aromatic heterocycles. The van der Waals surface area contributed by atoms with Crippen molar-refractivity contribution in [1.29, 1.82) is 0 Å². The van der Waals surface area contributed by atoms with E-state index in [2.05, 4.69) is 194 Å². The molecule has 0 unspecified atom stereocenters. The summed E-state index contributed by atoms with van der Waals surface area (Å²) in [4.78, 5) is 4.97. The number of hydrogen-bond acceptors (Lipinski definition) is 2. The lowest BCUT2D eigenvalue weighted by atomic mass is 9.65. The fourth-order valence-corrected chi connectivity index (χ4v) is 13.3. The van der Waals surface area contributed by atoms with E-state index in [1.54, 1.807) is 0 Å². The first-order valence-electron chi connectivity index (χ1n) is 29.9. The average Bonchev–Trinajstić information content (AvgIpc) is 3.47. The van der Waals surface area contributed by atoms with Gasteiger partial charge in [-0.25, -0.2) is 0 Å². The van der Waals surface area contributed by atoms with Gasteiger partial charge in [0.05, 0.1) is 0 Å². The molecule has 3 aliphatic rings. The Labute approximate surface area is 447 Å². The van der Waals surface area contributed by atoms with Crippen LogP contribution < -0.4 is 9.80 Å². The van der Waals surface area contributed by atoms with Crippen molar-refractivity contribution in [3.05, 3.63) is 203 Å². The molecule has 7 aromatic carbocycles. The molecule has 3 fully saturated rings. The van der Waals surface area contributed by atoms with Gasteiger partial charge in [-0.3, -0.25) is 0 Å². The Balaban J connectivity index is 0.938. The molecule has 74 heavy (non-hydrogen) atoms. The zero-order valence-electron chi connectivity index (χ0n) is 45.4. The first kappa shape index (κ1) is 51.6. The van der Waals surface area contributed by atoms with Crippen molar-refractivity contribution in [3.8, 4) is 11.1 Å². The van der Waals surface area contributed by atoms with Crippen LogP contribution in [0.4, 0.5) is 34.1 Å². The highest BCUT2D eigenvalue weighted by molar-refractivity contribution is 5.80. The summed E-state index contributed by atoms with van der Waals surface area (Å²) in [5.41, 5.74) is 18.6. The van der Waals surface area contributed by atoms with Crippen LogP contribution in [0.5, 0.6) is 0 Å². The molecule has 7 aromatic rings. The summed E-state index contributed by atoms with van der Waals surface area (Å²) < 4.78 is 0. The van der Waals surface area contributed by atoms with Crippen molar-refractivity contribution in [1.82, 2.24) is 0 Å². The van der Waals surface area contributed by atoms with Crippen LogP contribution in [0, 0.1) is 0 Å². The van der Waals surface area contributed by atoms with Crippen LogP contribution in [0.2, 0.25) is 0 Å². The number of rotatable bonds is 21. The minimum Gasteiger partial charge on any atom is -0.311 e. The van der Waals surface area contributed by atoms with Gasteiger partial charge in [0.1, 0.15) is 0 Å². The predicted octanol–water partition coefficient (Wildman–Crippen LogP) is 21.9. The van der Waals surface area contributed by atoms with Gasteiger partial charge in [-0.2, -0.15) is 0 Å². The normalized spacial score (nSPS) is 16.2. The highest BCUT2D eigenvalue weighted by Gasteiger charge is 2.36. The van der Waals surface area contributed by atoms with Gasteiger partial charge in [0, 0.05) is 39.5 Å². The van der Waals surface area contributed by atoms with E-state index in [0.717, 1.165) is 6.42 Å². The first-order chi connectivity index (χ1) is 36.6. The Kier molecular flexibility index (Phi) is 17.8. The molecule has 2 heteroatoms. The molecule has 3 saturated carbocycles. The van der Waals surface area contributed by atoms with Crippen LogP contribution in [-0.2, 0) is 18.3 Å². The van der Waals surface area contributed by atoms with Crippen molar-refractivity contribution < 1.29 is 0 Å². The van der Waals surface area contributed by atoms with E-state index in [0.29, 0.717) is 11.8 Å². The fourth-order valence-electron chi connectivity index (χ4n) is 13.3. The third-order valence-electron chi connectivity index (χ3n) is 17.8. The smallest absolute Gasteiger partial charge is 0.0462 e. The van der Waals surface area contributed by atoms with Crippen molar-refractivity contribution in [3.63, 3.8) is 0 Å². The number of anilines is 6. The lowest BCUT2D eigenvalue weighted by Crippen LogP contribution is -2.30. The summed E-state index contributed by atoms with van der Waals surface area (Å²) >= 11 is 0. The topological polar surface area (TPSA) is 6.48 Å².